The Morgan fingerprint density at radius 3 is 3.18 bits per heavy atom. The maximum Gasteiger partial charge on any atom is 0.277 e. The Bertz CT molecular complexity index is 317. The minimum Gasteiger partial charge on any atom is -0.300 e. The normalized spacial score (nSPS) is 23.2. The molecule has 0 spiro atoms. The zero-order chi connectivity index (χ0) is 7.84. The van der Waals surface area contributed by atoms with Crippen LogP contribution in [0.2, 0.25) is 0 Å². The van der Waals surface area contributed by atoms with Crippen LogP contribution in [0.5, 0.6) is 0 Å². The molecule has 0 saturated carbocycles. The Morgan fingerprint density at radius 2 is 2.36 bits per heavy atom. The monoisotopic (exact) mass is 188 g/mol. The Labute approximate surface area is 72.3 Å². The van der Waals surface area contributed by atoms with Crippen molar-refractivity contribution in [2.24, 2.45) is 0 Å². The van der Waals surface area contributed by atoms with E-state index in [0.717, 1.165) is 16.3 Å². The second kappa shape index (κ2) is 2.64. The van der Waals surface area contributed by atoms with Gasteiger partial charge in [0.25, 0.3) is 5.56 Å². The van der Waals surface area contributed by atoms with Gasteiger partial charge in [-0.3, -0.25) is 9.89 Å². The predicted octanol–water partition coefficient (Wildman–Crippen LogP) is 1.39. The minimum atomic E-state index is 0.0251. The van der Waals surface area contributed by atoms with E-state index in [9.17, 15) is 4.79 Å². The zero-order valence-electron chi connectivity index (χ0n) is 6.01. The first kappa shape index (κ1) is 7.36. The largest absolute Gasteiger partial charge is 0.300 e. The van der Waals surface area contributed by atoms with Gasteiger partial charge in [-0.2, -0.15) is 0 Å². The van der Waals surface area contributed by atoms with E-state index in [0.29, 0.717) is 4.58 Å². The second-order valence-electron chi connectivity index (χ2n) is 2.38. The molecule has 2 rings (SSSR count). The van der Waals surface area contributed by atoms with Gasteiger partial charge in [-0.05, 0) is 6.92 Å². The lowest BCUT2D eigenvalue weighted by atomic mass is 10.5. The highest BCUT2D eigenvalue weighted by molar-refractivity contribution is 8.17. The number of fused-ring (bicyclic) bond motifs is 1. The highest BCUT2D eigenvalue weighted by Crippen LogP contribution is 2.37. The molecule has 60 valence electrons. The molecule has 11 heavy (non-hydrogen) atoms. The first-order valence-electron chi connectivity index (χ1n) is 3.35. The van der Waals surface area contributed by atoms with E-state index in [1.54, 1.807) is 11.8 Å². The van der Waals surface area contributed by atoms with E-state index in [2.05, 4.69) is 17.1 Å². The molecule has 1 atom stereocenters. The third kappa shape index (κ3) is 1.22. The molecular weight excluding hydrogens is 180 g/mol. The molecule has 0 unspecified atom stereocenters. The van der Waals surface area contributed by atoms with Gasteiger partial charge in [0.2, 0.25) is 0 Å². The van der Waals surface area contributed by atoms with Crippen molar-refractivity contribution >= 4 is 23.5 Å². The number of hydrogen-bond donors (Lipinski definition) is 2. The van der Waals surface area contributed by atoms with Crippen LogP contribution in [-0.2, 0) is 5.75 Å². The lowest BCUT2D eigenvalue weighted by Gasteiger charge is -2.14. The van der Waals surface area contributed by atoms with Crippen LogP contribution < -0.4 is 5.56 Å². The van der Waals surface area contributed by atoms with Crippen LogP contribution in [0.25, 0.3) is 0 Å². The summed E-state index contributed by atoms with van der Waals surface area (Å²) in [5, 5.41) is 5.45. The van der Waals surface area contributed by atoms with Crippen molar-refractivity contribution in [3.8, 4) is 0 Å². The van der Waals surface area contributed by atoms with Crippen molar-refractivity contribution in [3.05, 3.63) is 16.0 Å². The van der Waals surface area contributed by atoms with Crippen molar-refractivity contribution in [2.45, 2.75) is 22.2 Å². The number of H-pyrrole nitrogens is 2. The summed E-state index contributed by atoms with van der Waals surface area (Å²) in [6.07, 6.45) is 0. The quantitative estimate of drug-likeness (QED) is 0.647. The van der Waals surface area contributed by atoms with E-state index in [-0.39, 0.29) is 5.56 Å². The average Bonchev–Trinajstić information content (AvgIpc) is 2.33. The molecule has 0 aliphatic carbocycles. The van der Waals surface area contributed by atoms with Crippen LogP contribution in [0.3, 0.4) is 0 Å². The van der Waals surface area contributed by atoms with E-state index in [4.69, 9.17) is 0 Å². The molecule has 0 aromatic carbocycles. The number of aromatic nitrogens is 2. The molecule has 0 radical (unpaired) electrons. The Kier molecular flexibility index (Phi) is 1.77. The van der Waals surface area contributed by atoms with Crippen LogP contribution in [0, 0.1) is 0 Å². The lowest BCUT2D eigenvalue weighted by molar-refractivity contribution is 1.01. The van der Waals surface area contributed by atoms with Crippen LogP contribution in [0.1, 0.15) is 12.6 Å². The number of thioether (sulfide) groups is 2. The molecule has 0 amide bonds. The summed E-state index contributed by atoms with van der Waals surface area (Å²) >= 11 is 3.48. The lowest BCUT2D eigenvalue weighted by Crippen LogP contribution is -2.06. The van der Waals surface area contributed by atoms with Gasteiger partial charge in [-0.15, -0.1) is 23.5 Å². The highest BCUT2D eigenvalue weighted by Gasteiger charge is 2.19. The highest BCUT2D eigenvalue weighted by atomic mass is 32.2. The number of aromatic amines is 2. The third-order valence-corrected chi connectivity index (χ3v) is 4.17. The summed E-state index contributed by atoms with van der Waals surface area (Å²) in [7, 11) is 0. The fourth-order valence-electron chi connectivity index (χ4n) is 1.01. The molecule has 1 aliphatic heterocycles. The first-order valence-corrected chi connectivity index (χ1v) is 5.28. The van der Waals surface area contributed by atoms with Crippen LogP contribution in [-0.4, -0.2) is 14.8 Å². The molecule has 0 bridgehead atoms. The Morgan fingerprint density at radius 1 is 1.55 bits per heavy atom. The molecule has 2 heterocycles. The molecule has 1 aliphatic rings. The van der Waals surface area contributed by atoms with E-state index < -0.39 is 0 Å². The van der Waals surface area contributed by atoms with Gasteiger partial charge in [0.15, 0.2) is 0 Å². The zero-order valence-corrected chi connectivity index (χ0v) is 7.64. The van der Waals surface area contributed by atoms with Crippen LogP contribution >= 0.6 is 23.5 Å². The fourth-order valence-corrected chi connectivity index (χ4v) is 3.24. The predicted molar refractivity (Wildman–Crippen MR) is 48.0 cm³/mol. The standard InChI is InChI=1S/C6H8N2OS2/c1-3-10-2-4-5(11-3)6(9)8-7-4/h3H,2H2,1H3,(H2,7,8,9)/t3-/m1/s1. The van der Waals surface area contributed by atoms with Gasteiger partial charge in [-0.1, -0.05) is 0 Å². The van der Waals surface area contributed by atoms with E-state index in [1.165, 1.54) is 0 Å². The average molecular weight is 188 g/mol. The summed E-state index contributed by atoms with van der Waals surface area (Å²) in [6.45, 7) is 2.12. The number of nitrogens with one attached hydrogen (secondary N) is 2. The van der Waals surface area contributed by atoms with Gasteiger partial charge < -0.3 is 5.10 Å². The maximum absolute atomic E-state index is 11.1. The summed E-state index contributed by atoms with van der Waals surface area (Å²) in [5.41, 5.74) is 1.07. The Balaban J connectivity index is 2.45. The minimum absolute atomic E-state index is 0.0251. The van der Waals surface area contributed by atoms with Gasteiger partial charge in [0.05, 0.1) is 15.2 Å². The molecule has 5 heteroatoms. The van der Waals surface area contributed by atoms with Crippen LogP contribution in [0.15, 0.2) is 9.69 Å². The summed E-state index contributed by atoms with van der Waals surface area (Å²) in [5.74, 6) is 0.919. The van der Waals surface area contributed by atoms with Crippen molar-refractivity contribution < 1.29 is 0 Å². The third-order valence-electron chi connectivity index (χ3n) is 1.55. The van der Waals surface area contributed by atoms with Crippen molar-refractivity contribution in [2.75, 3.05) is 0 Å². The SMILES string of the molecule is C[C@@H]1SCc2[nH][nH]c(=O)c2S1. The molecule has 2 N–H and O–H groups in total. The first-order chi connectivity index (χ1) is 5.27. The molecule has 1 aromatic rings. The number of hydrogen-bond acceptors (Lipinski definition) is 3. The van der Waals surface area contributed by atoms with Crippen molar-refractivity contribution in [1.82, 2.24) is 10.2 Å². The van der Waals surface area contributed by atoms with E-state index >= 15 is 0 Å². The molecule has 3 nitrogen and oxygen atoms in total. The van der Waals surface area contributed by atoms with Crippen molar-refractivity contribution in [3.63, 3.8) is 0 Å². The van der Waals surface area contributed by atoms with Gasteiger partial charge in [0, 0.05) is 5.75 Å². The van der Waals surface area contributed by atoms with Crippen molar-refractivity contribution in [1.29, 1.82) is 0 Å². The number of rotatable bonds is 0. The molecule has 0 saturated heterocycles. The summed E-state index contributed by atoms with van der Waals surface area (Å²) in [6, 6.07) is 0. The summed E-state index contributed by atoms with van der Waals surface area (Å²) in [4.78, 5) is 12.0. The van der Waals surface area contributed by atoms with Crippen LogP contribution in [0.4, 0.5) is 0 Å². The maximum atomic E-state index is 11.1. The molecule has 1 aromatic heterocycles. The Hall–Kier alpha value is -0.290. The topological polar surface area (TPSA) is 48.6 Å². The summed E-state index contributed by atoms with van der Waals surface area (Å²) < 4.78 is 0.499. The fraction of sp³-hybridized carbons (Fsp3) is 0.500. The second-order valence-corrected chi connectivity index (χ2v) is 5.36. The molecule has 0 fully saturated rings. The van der Waals surface area contributed by atoms with Gasteiger partial charge in [0.1, 0.15) is 0 Å². The van der Waals surface area contributed by atoms with E-state index in [1.807, 2.05) is 11.8 Å². The van der Waals surface area contributed by atoms with Gasteiger partial charge in [-0.25, -0.2) is 0 Å². The van der Waals surface area contributed by atoms with Gasteiger partial charge >= 0.3 is 0 Å². The smallest absolute Gasteiger partial charge is 0.277 e. The molecular formula is C6H8N2OS2.